The molecule has 0 saturated heterocycles. The first-order chi connectivity index (χ1) is 4.86. The van der Waals surface area contributed by atoms with E-state index in [2.05, 4.69) is 14.8 Å². The van der Waals surface area contributed by atoms with E-state index in [-0.39, 0.29) is 0 Å². The Morgan fingerprint density at radius 2 is 2.40 bits per heavy atom. The average molecular weight is 138 g/mol. The number of nitrogens with one attached hydrogen (secondary N) is 1. The molecule has 1 aromatic rings. The Morgan fingerprint density at radius 3 is 3.20 bits per heavy atom. The Morgan fingerprint density at radius 1 is 1.50 bits per heavy atom. The molecule has 0 atom stereocenters. The van der Waals surface area contributed by atoms with Crippen molar-refractivity contribution in [1.29, 1.82) is 0 Å². The third-order valence-electron chi connectivity index (χ3n) is 1.94. The molecule has 0 radical (unpaired) electrons. The van der Waals surface area contributed by atoms with E-state index in [0.29, 0.717) is 0 Å². The van der Waals surface area contributed by atoms with Crippen LogP contribution in [0.1, 0.15) is 24.5 Å². The van der Waals surface area contributed by atoms with Crippen molar-refractivity contribution in [3.05, 3.63) is 11.6 Å². The summed E-state index contributed by atoms with van der Waals surface area (Å²) < 4.78 is 2.15. The number of fused-ring (bicyclic) bond motifs is 1. The van der Waals surface area contributed by atoms with E-state index in [9.17, 15) is 0 Å². The third kappa shape index (κ3) is 0.818. The van der Waals surface area contributed by atoms with Crippen molar-refractivity contribution in [2.75, 3.05) is 0 Å². The minimum absolute atomic E-state index is 1.04. The molecule has 1 aliphatic heterocycles. The number of H-pyrrole nitrogens is 1. The van der Waals surface area contributed by atoms with Crippen LogP contribution in [0.3, 0.4) is 0 Å². The maximum absolute atomic E-state index is 4.36. The molecule has 0 aromatic carbocycles. The first-order valence-electron chi connectivity index (χ1n) is 3.81. The van der Waals surface area contributed by atoms with Crippen LogP contribution < -0.4 is 4.68 Å². The molecule has 0 unspecified atom stereocenters. The summed E-state index contributed by atoms with van der Waals surface area (Å²) in [5.74, 6) is 2.26. The second-order valence-corrected chi connectivity index (χ2v) is 2.83. The van der Waals surface area contributed by atoms with E-state index in [1.165, 1.54) is 18.7 Å². The van der Waals surface area contributed by atoms with Crippen LogP contribution in [0.2, 0.25) is 0 Å². The van der Waals surface area contributed by atoms with E-state index >= 15 is 0 Å². The smallest absolute Gasteiger partial charge is 0.191 e. The molecule has 0 bridgehead atoms. The highest BCUT2D eigenvalue weighted by atomic mass is 15.3. The zero-order valence-corrected chi connectivity index (χ0v) is 6.22. The van der Waals surface area contributed by atoms with Gasteiger partial charge in [0.05, 0.1) is 6.42 Å². The van der Waals surface area contributed by atoms with E-state index in [1.807, 2.05) is 6.92 Å². The fraction of sp³-hybridized carbons (Fsp3) is 0.714. The largest absolute Gasteiger partial charge is 0.319 e. The molecule has 0 amide bonds. The van der Waals surface area contributed by atoms with Crippen molar-refractivity contribution in [2.45, 2.75) is 32.7 Å². The number of hydrogen-bond acceptors (Lipinski definition) is 1. The number of aromatic amines is 1. The minimum atomic E-state index is 1.04. The van der Waals surface area contributed by atoms with Crippen molar-refractivity contribution in [3.63, 3.8) is 0 Å². The molecule has 0 fully saturated rings. The predicted octanol–water partition coefficient (Wildman–Crippen LogP) is 0.342. The summed E-state index contributed by atoms with van der Waals surface area (Å²) in [6, 6.07) is 0. The first-order valence-corrected chi connectivity index (χ1v) is 3.81. The van der Waals surface area contributed by atoms with E-state index in [1.54, 1.807) is 0 Å². The van der Waals surface area contributed by atoms with Gasteiger partial charge in [-0.15, -0.1) is 0 Å². The average Bonchev–Trinajstić information content (AvgIpc) is 2.27. The molecule has 3 nitrogen and oxygen atoms in total. The summed E-state index contributed by atoms with van der Waals surface area (Å²) in [5, 5.41) is 3.20. The topological polar surface area (TPSA) is 32.6 Å². The van der Waals surface area contributed by atoms with Gasteiger partial charge in [-0.1, -0.05) is 0 Å². The van der Waals surface area contributed by atoms with E-state index < -0.39 is 0 Å². The molecule has 0 spiro atoms. The standard InChI is InChI=1S/C7H11N3/c1-6-8-7-4-2-3-5-10(7)9-6/h2-5H2,1H3/p+1. The number of aromatic nitrogens is 3. The SMILES string of the molecule is Cc1nc2[n+]([nH]1)CCCC2. The molecule has 2 heterocycles. The fourth-order valence-corrected chi connectivity index (χ4v) is 1.47. The summed E-state index contributed by atoms with van der Waals surface area (Å²) in [4.78, 5) is 4.36. The molecule has 1 N–H and O–H groups in total. The van der Waals surface area contributed by atoms with Gasteiger partial charge in [-0.3, -0.25) is 0 Å². The van der Waals surface area contributed by atoms with Crippen molar-refractivity contribution in [2.24, 2.45) is 0 Å². The van der Waals surface area contributed by atoms with Crippen LogP contribution in [0.5, 0.6) is 0 Å². The zero-order chi connectivity index (χ0) is 6.97. The van der Waals surface area contributed by atoms with Crippen LogP contribution in [-0.2, 0) is 13.0 Å². The Bertz CT molecular complexity index is 215. The molecule has 1 aliphatic rings. The van der Waals surface area contributed by atoms with Gasteiger partial charge in [0.25, 0.3) is 0 Å². The van der Waals surface area contributed by atoms with Gasteiger partial charge in [0.15, 0.2) is 0 Å². The van der Waals surface area contributed by atoms with Crippen LogP contribution in [0, 0.1) is 6.92 Å². The Hall–Kier alpha value is -0.860. The Labute approximate surface area is 60.1 Å². The number of hydrogen-bond donors (Lipinski definition) is 1. The van der Waals surface area contributed by atoms with Crippen molar-refractivity contribution < 1.29 is 4.68 Å². The van der Waals surface area contributed by atoms with Crippen molar-refractivity contribution >= 4 is 0 Å². The lowest BCUT2D eigenvalue weighted by molar-refractivity contribution is -0.762. The number of aryl methyl sites for hydroxylation is 3. The molecule has 0 saturated carbocycles. The number of rotatable bonds is 0. The molecule has 0 aliphatic carbocycles. The van der Waals surface area contributed by atoms with E-state index in [0.717, 1.165) is 18.8 Å². The van der Waals surface area contributed by atoms with Crippen LogP contribution in [0.25, 0.3) is 0 Å². The van der Waals surface area contributed by atoms with Gasteiger partial charge in [-0.2, -0.15) is 9.78 Å². The van der Waals surface area contributed by atoms with Gasteiger partial charge >= 0.3 is 5.82 Å². The van der Waals surface area contributed by atoms with Gasteiger partial charge in [0.1, 0.15) is 6.54 Å². The van der Waals surface area contributed by atoms with Crippen molar-refractivity contribution in [3.8, 4) is 0 Å². The second kappa shape index (κ2) is 2.08. The Balaban J connectivity index is 2.41. The molecule has 2 rings (SSSR count). The highest BCUT2D eigenvalue weighted by molar-refractivity contribution is 4.82. The maximum Gasteiger partial charge on any atom is 0.319 e. The Kier molecular flexibility index (Phi) is 1.22. The minimum Gasteiger partial charge on any atom is -0.191 e. The van der Waals surface area contributed by atoms with Crippen LogP contribution in [0.4, 0.5) is 0 Å². The zero-order valence-electron chi connectivity index (χ0n) is 6.22. The van der Waals surface area contributed by atoms with Gasteiger partial charge in [-0.05, 0) is 17.8 Å². The lowest BCUT2D eigenvalue weighted by Gasteiger charge is -2.02. The molecular weight excluding hydrogens is 126 g/mol. The second-order valence-electron chi connectivity index (χ2n) is 2.83. The number of nitrogens with zero attached hydrogens (tertiary/aromatic N) is 2. The lowest BCUT2D eigenvalue weighted by Crippen LogP contribution is -2.42. The quantitative estimate of drug-likeness (QED) is 0.515. The molecule has 1 aromatic heterocycles. The highest BCUT2D eigenvalue weighted by Crippen LogP contribution is 2.03. The van der Waals surface area contributed by atoms with Gasteiger partial charge in [0, 0.05) is 6.92 Å². The summed E-state index contributed by atoms with van der Waals surface area (Å²) in [7, 11) is 0. The molecule has 54 valence electrons. The normalized spacial score (nSPS) is 16.9. The third-order valence-corrected chi connectivity index (χ3v) is 1.94. The van der Waals surface area contributed by atoms with Gasteiger partial charge in [0.2, 0.25) is 5.82 Å². The maximum atomic E-state index is 4.36. The molecule has 3 heteroatoms. The van der Waals surface area contributed by atoms with E-state index in [4.69, 9.17) is 0 Å². The predicted molar refractivity (Wildman–Crippen MR) is 36.5 cm³/mol. The monoisotopic (exact) mass is 138 g/mol. The fourth-order valence-electron chi connectivity index (χ4n) is 1.47. The van der Waals surface area contributed by atoms with Crippen LogP contribution in [-0.4, -0.2) is 10.1 Å². The molecular formula is C7H12N3+. The van der Waals surface area contributed by atoms with Gasteiger partial charge < -0.3 is 0 Å². The molecule has 10 heavy (non-hydrogen) atoms. The first kappa shape index (κ1) is 5.89. The van der Waals surface area contributed by atoms with Crippen LogP contribution in [0.15, 0.2) is 0 Å². The van der Waals surface area contributed by atoms with Crippen molar-refractivity contribution in [1.82, 2.24) is 10.1 Å². The highest BCUT2D eigenvalue weighted by Gasteiger charge is 2.19. The summed E-state index contributed by atoms with van der Waals surface area (Å²) in [6.07, 6.45) is 3.73. The van der Waals surface area contributed by atoms with Gasteiger partial charge in [-0.25, -0.2) is 0 Å². The summed E-state index contributed by atoms with van der Waals surface area (Å²) >= 11 is 0. The lowest BCUT2D eigenvalue weighted by atomic mass is 10.2. The van der Waals surface area contributed by atoms with Crippen LogP contribution >= 0.6 is 0 Å². The summed E-state index contributed by atoms with van der Waals surface area (Å²) in [5.41, 5.74) is 0. The summed E-state index contributed by atoms with van der Waals surface area (Å²) in [6.45, 7) is 3.13.